The van der Waals surface area contributed by atoms with E-state index in [0.29, 0.717) is 5.92 Å². The highest BCUT2D eigenvalue weighted by Crippen LogP contribution is 2.20. The minimum absolute atomic E-state index is 0.441. The van der Waals surface area contributed by atoms with Gasteiger partial charge < -0.3 is 15.2 Å². The van der Waals surface area contributed by atoms with Crippen molar-refractivity contribution in [1.29, 1.82) is 0 Å². The molecule has 1 heterocycles. The molecule has 0 bridgehead atoms. The normalized spacial score (nSPS) is 21.1. The van der Waals surface area contributed by atoms with E-state index in [0.717, 1.165) is 38.0 Å². The third kappa shape index (κ3) is 5.57. The average Bonchev–Trinajstić information content (AvgIpc) is 2.48. The van der Waals surface area contributed by atoms with Gasteiger partial charge in [0.2, 0.25) is 0 Å². The first-order chi connectivity index (χ1) is 9.72. The molecule has 0 amide bonds. The zero-order chi connectivity index (χ0) is 14.8. The van der Waals surface area contributed by atoms with E-state index in [9.17, 15) is 4.39 Å². The van der Waals surface area contributed by atoms with Gasteiger partial charge in [-0.1, -0.05) is 30.9 Å². The quantitative estimate of drug-likeness (QED) is 0.697. The summed E-state index contributed by atoms with van der Waals surface area (Å²) in [6.45, 7) is 4.77. The zero-order valence-electron chi connectivity index (χ0n) is 12.3. The first-order valence-corrected chi connectivity index (χ1v) is 7.14. The van der Waals surface area contributed by atoms with E-state index in [1.54, 1.807) is 13.2 Å². The van der Waals surface area contributed by atoms with Crippen LogP contribution in [0, 0.1) is 5.92 Å². The third-order valence-electron chi connectivity index (χ3n) is 3.58. The summed E-state index contributed by atoms with van der Waals surface area (Å²) in [6.07, 6.45) is 10.3. The van der Waals surface area contributed by atoms with Gasteiger partial charge in [-0.15, -0.1) is 0 Å². The molecule has 0 saturated carbocycles. The molecular weight excluding hydrogens is 257 g/mol. The Balaban J connectivity index is 2.61. The number of ether oxygens (including phenoxy) is 2. The van der Waals surface area contributed by atoms with Crippen LogP contribution in [0.5, 0.6) is 0 Å². The van der Waals surface area contributed by atoms with Crippen LogP contribution in [0.25, 0.3) is 0 Å². The number of nitrogens with two attached hydrogens (primary N) is 1. The van der Waals surface area contributed by atoms with Crippen molar-refractivity contribution in [2.75, 3.05) is 27.0 Å². The summed E-state index contributed by atoms with van der Waals surface area (Å²) in [7, 11) is 1.55. The van der Waals surface area contributed by atoms with E-state index in [1.807, 2.05) is 12.2 Å². The Morgan fingerprint density at radius 2 is 2.20 bits per heavy atom. The first-order valence-electron chi connectivity index (χ1n) is 7.14. The molecule has 4 heteroatoms. The van der Waals surface area contributed by atoms with Crippen molar-refractivity contribution in [2.45, 2.75) is 31.4 Å². The molecule has 2 unspecified atom stereocenters. The first kappa shape index (κ1) is 17.1. The van der Waals surface area contributed by atoms with Crippen LogP contribution in [-0.2, 0) is 9.47 Å². The molecule has 2 atom stereocenters. The van der Waals surface area contributed by atoms with Crippen molar-refractivity contribution in [3.05, 3.63) is 36.5 Å². The Morgan fingerprint density at radius 1 is 1.50 bits per heavy atom. The monoisotopic (exact) mass is 283 g/mol. The minimum Gasteiger partial charge on any atom is -0.381 e. The van der Waals surface area contributed by atoms with Crippen LogP contribution in [-0.4, -0.2) is 39.1 Å². The Labute approximate surface area is 121 Å². The fraction of sp³-hybridized carbons (Fsp3) is 0.625. The van der Waals surface area contributed by atoms with Gasteiger partial charge in [0.05, 0.1) is 12.1 Å². The Kier molecular flexibility index (Phi) is 8.42. The summed E-state index contributed by atoms with van der Waals surface area (Å²) >= 11 is 0. The third-order valence-corrected chi connectivity index (χ3v) is 3.58. The number of hydrogen-bond acceptors (Lipinski definition) is 3. The lowest BCUT2D eigenvalue weighted by atomic mass is 9.95. The molecule has 0 radical (unpaired) electrons. The van der Waals surface area contributed by atoms with Gasteiger partial charge in [0.1, 0.15) is 6.67 Å². The molecule has 0 aromatic rings. The molecule has 1 fully saturated rings. The van der Waals surface area contributed by atoms with E-state index in [1.165, 1.54) is 0 Å². The molecule has 1 aliphatic heterocycles. The van der Waals surface area contributed by atoms with E-state index in [2.05, 4.69) is 12.7 Å². The predicted octanol–water partition coefficient (Wildman–Crippen LogP) is 2.78. The lowest BCUT2D eigenvalue weighted by molar-refractivity contribution is 0.0672. The van der Waals surface area contributed by atoms with Crippen molar-refractivity contribution >= 4 is 0 Å². The maximum Gasteiger partial charge on any atom is 0.107 e. The van der Waals surface area contributed by atoms with E-state index in [4.69, 9.17) is 15.2 Å². The van der Waals surface area contributed by atoms with Crippen LogP contribution in [0.3, 0.4) is 0 Å². The Bertz CT molecular complexity index is 335. The van der Waals surface area contributed by atoms with Gasteiger partial charge in [-0.05, 0) is 30.8 Å². The van der Waals surface area contributed by atoms with Gasteiger partial charge >= 0.3 is 0 Å². The SMILES string of the molecule is C=C/C=C(\C=C/CC1CCOCC1)C(OC)C(N)CF. The number of hydrogen-bond donors (Lipinski definition) is 1. The van der Waals surface area contributed by atoms with Crippen LogP contribution in [0.15, 0.2) is 36.5 Å². The highest BCUT2D eigenvalue weighted by Gasteiger charge is 2.20. The second-order valence-corrected chi connectivity index (χ2v) is 5.07. The van der Waals surface area contributed by atoms with Gasteiger partial charge in [0.25, 0.3) is 0 Å². The summed E-state index contributed by atoms with van der Waals surface area (Å²) in [4.78, 5) is 0. The smallest absolute Gasteiger partial charge is 0.107 e. The molecule has 0 aliphatic carbocycles. The number of allylic oxidation sites excluding steroid dienone is 3. The van der Waals surface area contributed by atoms with Gasteiger partial charge in [-0.2, -0.15) is 0 Å². The van der Waals surface area contributed by atoms with Gasteiger partial charge in [-0.3, -0.25) is 0 Å². The Morgan fingerprint density at radius 3 is 2.75 bits per heavy atom. The maximum atomic E-state index is 12.7. The zero-order valence-corrected chi connectivity index (χ0v) is 12.3. The summed E-state index contributed by atoms with van der Waals surface area (Å²) in [5.41, 5.74) is 6.61. The Hall–Kier alpha value is -0.970. The summed E-state index contributed by atoms with van der Waals surface area (Å²) in [6, 6.07) is -0.654. The lowest BCUT2D eigenvalue weighted by Crippen LogP contribution is -2.39. The largest absolute Gasteiger partial charge is 0.381 e. The molecular formula is C16H26FNO2. The summed E-state index contributed by atoms with van der Waals surface area (Å²) in [5, 5.41) is 0. The number of methoxy groups -OCH3 is 1. The molecule has 0 aromatic carbocycles. The molecule has 2 N–H and O–H groups in total. The highest BCUT2D eigenvalue weighted by molar-refractivity contribution is 5.28. The maximum absolute atomic E-state index is 12.7. The van der Waals surface area contributed by atoms with Crippen LogP contribution in [0.4, 0.5) is 4.39 Å². The van der Waals surface area contributed by atoms with Crippen LogP contribution in [0.1, 0.15) is 19.3 Å². The highest BCUT2D eigenvalue weighted by atomic mass is 19.1. The summed E-state index contributed by atoms with van der Waals surface area (Å²) in [5.74, 6) is 0.667. The topological polar surface area (TPSA) is 44.5 Å². The minimum atomic E-state index is -0.654. The van der Waals surface area contributed by atoms with E-state index >= 15 is 0 Å². The number of alkyl halides is 1. The fourth-order valence-corrected chi connectivity index (χ4v) is 2.40. The fourth-order valence-electron chi connectivity index (χ4n) is 2.40. The molecule has 0 aromatic heterocycles. The standard InChI is InChI=1S/C16H26FNO2/c1-3-5-14(16(19-2)15(18)12-17)7-4-6-13-8-10-20-11-9-13/h3-5,7,13,15-16H,1,6,8-12,18H2,2H3/b7-4-,14-5+. The molecule has 1 aliphatic rings. The summed E-state index contributed by atoms with van der Waals surface area (Å²) < 4.78 is 23.4. The molecule has 20 heavy (non-hydrogen) atoms. The number of rotatable bonds is 8. The van der Waals surface area contributed by atoms with Gasteiger partial charge in [0.15, 0.2) is 0 Å². The molecule has 1 saturated heterocycles. The van der Waals surface area contributed by atoms with Crippen molar-refractivity contribution in [3.8, 4) is 0 Å². The van der Waals surface area contributed by atoms with Gasteiger partial charge in [0, 0.05) is 20.3 Å². The number of halogens is 1. The van der Waals surface area contributed by atoms with Crippen LogP contribution in [0.2, 0.25) is 0 Å². The van der Waals surface area contributed by atoms with Crippen LogP contribution >= 0.6 is 0 Å². The molecule has 0 spiro atoms. The van der Waals surface area contributed by atoms with Crippen molar-refractivity contribution < 1.29 is 13.9 Å². The van der Waals surface area contributed by atoms with Crippen LogP contribution < -0.4 is 5.73 Å². The van der Waals surface area contributed by atoms with Gasteiger partial charge in [-0.25, -0.2) is 4.39 Å². The predicted molar refractivity (Wildman–Crippen MR) is 80.3 cm³/mol. The molecule has 114 valence electrons. The second kappa shape index (κ2) is 9.86. The van der Waals surface area contributed by atoms with Crippen molar-refractivity contribution in [3.63, 3.8) is 0 Å². The van der Waals surface area contributed by atoms with E-state index < -0.39 is 18.8 Å². The average molecular weight is 283 g/mol. The lowest BCUT2D eigenvalue weighted by Gasteiger charge is -2.22. The van der Waals surface area contributed by atoms with Crippen molar-refractivity contribution in [1.82, 2.24) is 0 Å². The van der Waals surface area contributed by atoms with E-state index in [-0.39, 0.29) is 0 Å². The van der Waals surface area contributed by atoms with Crippen molar-refractivity contribution in [2.24, 2.45) is 11.7 Å². The molecule has 3 nitrogen and oxygen atoms in total. The second-order valence-electron chi connectivity index (χ2n) is 5.07. The molecule has 1 rings (SSSR count).